The highest BCUT2D eigenvalue weighted by Gasteiger charge is 2.47. The van der Waals surface area contributed by atoms with Gasteiger partial charge in [0.1, 0.15) is 31.0 Å². The second-order valence-electron chi connectivity index (χ2n) is 9.42. The highest BCUT2D eigenvalue weighted by Crippen LogP contribution is 2.36. The summed E-state index contributed by atoms with van der Waals surface area (Å²) in [6.07, 6.45) is -7.49. The number of rotatable bonds is 11. The molecule has 232 valence electrons. The topological polar surface area (TPSA) is 228 Å². The Morgan fingerprint density at radius 3 is 2.40 bits per heavy atom. The van der Waals surface area contributed by atoms with Crippen molar-refractivity contribution in [1.29, 1.82) is 0 Å². The van der Waals surface area contributed by atoms with Crippen molar-refractivity contribution >= 4 is 17.9 Å². The Hall–Kier alpha value is -3.73. The number of aliphatic hydroxyl groups excluding tert-OH is 4. The Bertz CT molecular complexity index is 1180. The Labute approximate surface area is 240 Å². The summed E-state index contributed by atoms with van der Waals surface area (Å²) in [5, 5.41) is 59.2. The van der Waals surface area contributed by atoms with Crippen molar-refractivity contribution in [3.8, 4) is 11.5 Å². The fourth-order valence-corrected chi connectivity index (χ4v) is 4.31. The van der Waals surface area contributed by atoms with Crippen LogP contribution in [-0.4, -0.2) is 112 Å². The number of phenols is 2. The van der Waals surface area contributed by atoms with Gasteiger partial charge in [-0.25, -0.2) is 4.79 Å². The van der Waals surface area contributed by atoms with E-state index in [-0.39, 0.29) is 42.3 Å². The lowest BCUT2D eigenvalue weighted by molar-refractivity contribution is -0.327. The second-order valence-corrected chi connectivity index (χ2v) is 9.42. The van der Waals surface area contributed by atoms with Crippen LogP contribution in [0.25, 0.3) is 0 Å². The molecule has 1 aromatic carbocycles. The van der Waals surface area contributed by atoms with Gasteiger partial charge in [0.25, 0.3) is 0 Å². The summed E-state index contributed by atoms with van der Waals surface area (Å²) in [7, 11) is 1.12. The lowest BCUT2D eigenvalue weighted by atomic mass is 9.86. The first-order chi connectivity index (χ1) is 20.0. The van der Waals surface area contributed by atoms with Crippen LogP contribution < -0.4 is 0 Å². The zero-order chi connectivity index (χ0) is 31.0. The molecule has 1 saturated heterocycles. The van der Waals surface area contributed by atoms with Gasteiger partial charge in [0.15, 0.2) is 17.8 Å². The van der Waals surface area contributed by atoms with E-state index in [1.165, 1.54) is 31.2 Å². The fraction of sp³-hybridized carbons (Fsp3) is 0.519. The van der Waals surface area contributed by atoms with Crippen molar-refractivity contribution in [1.82, 2.24) is 0 Å². The molecule has 0 bridgehead atoms. The van der Waals surface area contributed by atoms with Crippen LogP contribution in [0.3, 0.4) is 0 Å². The third kappa shape index (κ3) is 8.18. The van der Waals surface area contributed by atoms with Crippen molar-refractivity contribution in [2.75, 3.05) is 26.9 Å². The first-order valence-corrected chi connectivity index (χ1v) is 12.9. The van der Waals surface area contributed by atoms with Crippen molar-refractivity contribution in [2.45, 2.75) is 56.8 Å². The molecule has 6 N–H and O–H groups in total. The molecule has 2 aliphatic heterocycles. The molecule has 2 heterocycles. The van der Waals surface area contributed by atoms with Gasteiger partial charge in [-0.2, -0.15) is 0 Å². The van der Waals surface area contributed by atoms with Crippen LogP contribution in [0.4, 0.5) is 0 Å². The number of carbonyl (C=O) groups excluding carboxylic acids is 3. The van der Waals surface area contributed by atoms with Gasteiger partial charge in [-0.1, -0.05) is 6.07 Å². The van der Waals surface area contributed by atoms with E-state index in [0.717, 1.165) is 13.4 Å². The van der Waals surface area contributed by atoms with Gasteiger partial charge in [0.05, 0.1) is 38.6 Å². The highest BCUT2D eigenvalue weighted by atomic mass is 16.8. The van der Waals surface area contributed by atoms with Crippen molar-refractivity contribution < 1.29 is 73.4 Å². The van der Waals surface area contributed by atoms with Crippen LogP contribution in [0.5, 0.6) is 11.5 Å². The molecule has 0 radical (unpaired) electrons. The lowest BCUT2D eigenvalue weighted by Gasteiger charge is -2.42. The molecule has 15 heteroatoms. The van der Waals surface area contributed by atoms with Crippen LogP contribution >= 0.6 is 0 Å². The van der Waals surface area contributed by atoms with Gasteiger partial charge in [-0.15, -0.1) is 0 Å². The van der Waals surface area contributed by atoms with Crippen LogP contribution in [0.1, 0.15) is 18.9 Å². The van der Waals surface area contributed by atoms with Gasteiger partial charge >= 0.3 is 17.9 Å². The predicted molar refractivity (Wildman–Crippen MR) is 137 cm³/mol. The molecule has 0 amide bonds. The molecular weight excluding hydrogens is 564 g/mol. The highest BCUT2D eigenvalue weighted by molar-refractivity contribution is 5.90. The van der Waals surface area contributed by atoms with Gasteiger partial charge in [0.2, 0.25) is 6.29 Å². The minimum absolute atomic E-state index is 0.0801. The number of aromatic hydroxyl groups is 2. The third-order valence-corrected chi connectivity index (χ3v) is 6.57. The molecule has 0 aliphatic carbocycles. The van der Waals surface area contributed by atoms with Gasteiger partial charge in [0, 0.05) is 24.8 Å². The molecule has 0 saturated carbocycles. The van der Waals surface area contributed by atoms with Crippen LogP contribution in [0, 0.1) is 5.92 Å². The van der Waals surface area contributed by atoms with E-state index in [1.807, 2.05) is 0 Å². The quantitative estimate of drug-likeness (QED) is 0.0769. The van der Waals surface area contributed by atoms with Crippen LogP contribution in [0.15, 0.2) is 41.7 Å². The summed E-state index contributed by atoms with van der Waals surface area (Å²) < 4.78 is 31.8. The van der Waals surface area contributed by atoms with Crippen molar-refractivity contribution in [3.05, 3.63) is 47.2 Å². The van der Waals surface area contributed by atoms with Gasteiger partial charge in [-0.3, -0.25) is 9.59 Å². The summed E-state index contributed by atoms with van der Waals surface area (Å²) >= 11 is 0. The maximum Gasteiger partial charge on any atom is 0.337 e. The number of carbonyl (C=O) groups is 3. The lowest BCUT2D eigenvalue weighted by Crippen LogP contribution is -2.60. The average molecular weight is 599 g/mol. The number of aliphatic hydroxyl groups is 4. The van der Waals surface area contributed by atoms with E-state index >= 15 is 0 Å². The van der Waals surface area contributed by atoms with E-state index in [0.29, 0.717) is 5.56 Å². The summed E-state index contributed by atoms with van der Waals surface area (Å²) in [5.41, 5.74) is 0.548. The number of methoxy groups -OCH3 is 1. The zero-order valence-electron chi connectivity index (χ0n) is 22.8. The molecule has 15 nitrogen and oxygen atoms in total. The fourth-order valence-electron chi connectivity index (χ4n) is 4.31. The van der Waals surface area contributed by atoms with E-state index in [9.17, 15) is 45.0 Å². The molecular formula is C27H34O15. The summed E-state index contributed by atoms with van der Waals surface area (Å²) in [6.45, 7) is 0.0180. The van der Waals surface area contributed by atoms with E-state index < -0.39 is 73.8 Å². The molecule has 1 fully saturated rings. The van der Waals surface area contributed by atoms with E-state index in [2.05, 4.69) is 0 Å². The largest absolute Gasteiger partial charge is 0.504 e. The molecule has 3 rings (SSSR count). The van der Waals surface area contributed by atoms with Crippen LogP contribution in [0.2, 0.25) is 0 Å². The first kappa shape index (κ1) is 32.8. The maximum atomic E-state index is 12.9. The average Bonchev–Trinajstić information content (AvgIpc) is 2.95. The van der Waals surface area contributed by atoms with Crippen molar-refractivity contribution in [3.63, 3.8) is 0 Å². The maximum absolute atomic E-state index is 12.9. The monoisotopic (exact) mass is 598 g/mol. The van der Waals surface area contributed by atoms with Gasteiger partial charge < -0.3 is 59.1 Å². The standard InChI is InChI=1S/C27H34O15/c1-13(29)38-8-6-15-16(10-21(32)39-7-5-14-3-4-18(30)19(31)9-14)17(25(36)37-2)12-40-26(15)42-27-24(35)23(34)22(33)20(11-28)41-27/h3-4,6,9,12,16,20,22-24,26-28,30-31,33-35H,5,7-8,10-11H2,1-2H3/t16-,20+,22+,23-,24+,26-,27-/m0/s1. The van der Waals surface area contributed by atoms with Crippen molar-refractivity contribution in [2.24, 2.45) is 5.92 Å². The summed E-state index contributed by atoms with van der Waals surface area (Å²) in [4.78, 5) is 36.8. The number of benzene rings is 1. The molecule has 2 aliphatic rings. The normalized spacial score (nSPS) is 28.4. The minimum Gasteiger partial charge on any atom is -0.504 e. The Morgan fingerprint density at radius 1 is 1.02 bits per heavy atom. The molecule has 42 heavy (non-hydrogen) atoms. The molecule has 0 spiro atoms. The number of phenolic OH excluding ortho intramolecular Hbond substituents is 2. The number of ether oxygens (including phenoxy) is 6. The Balaban J connectivity index is 1.82. The van der Waals surface area contributed by atoms with E-state index in [4.69, 9.17) is 28.4 Å². The predicted octanol–water partition coefficient (Wildman–Crippen LogP) is -1.09. The second kappa shape index (κ2) is 14.9. The Morgan fingerprint density at radius 2 is 1.76 bits per heavy atom. The van der Waals surface area contributed by atoms with Gasteiger partial charge in [-0.05, 0) is 23.8 Å². The zero-order valence-corrected chi connectivity index (χ0v) is 22.8. The number of esters is 3. The molecule has 7 atom stereocenters. The van der Waals surface area contributed by atoms with E-state index in [1.54, 1.807) is 0 Å². The summed E-state index contributed by atoms with van der Waals surface area (Å²) in [6, 6.07) is 4.14. The minimum atomic E-state index is -1.78. The SMILES string of the molecule is COC(=O)C1=CO[C@@H](O[C@@H]2O[C@H](CO)[C@@H](O)[C@H](O)[C@H]2O)C(=CCOC(C)=O)[C@@H]1CC(=O)OCCc1ccc(O)c(O)c1. The Kier molecular flexibility index (Phi) is 11.7. The molecule has 0 unspecified atom stereocenters. The number of hydrogen-bond donors (Lipinski definition) is 6. The molecule has 1 aromatic rings. The third-order valence-electron chi connectivity index (χ3n) is 6.57. The smallest absolute Gasteiger partial charge is 0.337 e. The summed E-state index contributed by atoms with van der Waals surface area (Å²) in [5.74, 6) is -3.97. The van der Waals surface area contributed by atoms with Crippen LogP contribution in [-0.2, 0) is 49.2 Å². The first-order valence-electron chi connectivity index (χ1n) is 12.9. The number of hydrogen-bond acceptors (Lipinski definition) is 15. The molecule has 0 aromatic heterocycles.